The zero-order chi connectivity index (χ0) is 16.6. The summed E-state index contributed by atoms with van der Waals surface area (Å²) in [6, 6.07) is 0. The van der Waals surface area contributed by atoms with Crippen molar-refractivity contribution in [3.05, 3.63) is 6.33 Å². The molecule has 3 rings (SSSR count). The molecule has 3 heterocycles. The maximum atomic E-state index is 10.0. The predicted molar refractivity (Wildman–Crippen MR) is 83.7 cm³/mol. The van der Waals surface area contributed by atoms with Gasteiger partial charge < -0.3 is 19.8 Å². The van der Waals surface area contributed by atoms with Crippen LogP contribution in [0.2, 0.25) is 0 Å². The van der Waals surface area contributed by atoms with Crippen LogP contribution in [-0.4, -0.2) is 67.3 Å². The Hall–Kier alpha value is -2.26. The predicted octanol–water partition coefficient (Wildman–Crippen LogP) is 0.812. The van der Waals surface area contributed by atoms with E-state index in [1.165, 1.54) is 6.33 Å². The Morgan fingerprint density at radius 2 is 2.26 bits per heavy atom. The van der Waals surface area contributed by atoms with E-state index in [1.807, 2.05) is 21.0 Å². The van der Waals surface area contributed by atoms with E-state index in [0.29, 0.717) is 12.1 Å². The average Bonchev–Trinajstić information content (AvgIpc) is 3.08. The van der Waals surface area contributed by atoms with Crippen LogP contribution < -0.4 is 0 Å². The number of aliphatic hydroxyl groups is 1. The first kappa shape index (κ1) is 15.6. The molecule has 0 radical (unpaired) electrons. The molecule has 9 nitrogen and oxygen atoms in total. The molecule has 0 aromatic carbocycles. The summed E-state index contributed by atoms with van der Waals surface area (Å²) in [6.45, 7) is 1.96. The standard InChI is InChI=1S/C14H20N6O3/c1-4-9-8(21)5-10(23-9)20-7-15-11-12(20)17-14(18-13(11)22)16-6-19(2)3/h6-10,21H,4-5H2,1-3H3,(H,17,18,22)/b16-6+/t8-,9+,10+/m0/s1. The molecule has 0 amide bonds. The van der Waals surface area contributed by atoms with Gasteiger partial charge in [-0.1, -0.05) is 6.92 Å². The van der Waals surface area contributed by atoms with Crippen LogP contribution in [0.4, 0.5) is 5.95 Å². The van der Waals surface area contributed by atoms with Crippen molar-refractivity contribution in [1.29, 1.82) is 0 Å². The zero-order valence-electron chi connectivity index (χ0n) is 13.3. The first-order valence-electron chi connectivity index (χ1n) is 7.47. The minimum Gasteiger partial charge on any atom is -0.492 e. The number of nitrogens with zero attached hydrogens (tertiary/aromatic N) is 6. The summed E-state index contributed by atoms with van der Waals surface area (Å²) in [5.41, 5.74) is 0.712. The van der Waals surface area contributed by atoms with Crippen LogP contribution in [0, 0.1) is 0 Å². The third-order valence-electron chi connectivity index (χ3n) is 3.71. The molecular formula is C14H20N6O3. The van der Waals surface area contributed by atoms with Crippen molar-refractivity contribution in [1.82, 2.24) is 24.4 Å². The zero-order valence-corrected chi connectivity index (χ0v) is 13.3. The van der Waals surface area contributed by atoms with Crippen LogP contribution in [0.1, 0.15) is 26.0 Å². The van der Waals surface area contributed by atoms with Crippen molar-refractivity contribution in [2.75, 3.05) is 14.1 Å². The van der Waals surface area contributed by atoms with Gasteiger partial charge in [-0.25, -0.2) is 9.98 Å². The minimum absolute atomic E-state index is 0.135. The molecule has 9 heteroatoms. The van der Waals surface area contributed by atoms with Gasteiger partial charge in [0.25, 0.3) is 5.95 Å². The molecular weight excluding hydrogens is 300 g/mol. The highest BCUT2D eigenvalue weighted by Crippen LogP contribution is 2.33. The Kier molecular flexibility index (Phi) is 4.14. The second kappa shape index (κ2) is 6.09. The van der Waals surface area contributed by atoms with Gasteiger partial charge in [0.05, 0.1) is 24.9 Å². The molecule has 1 saturated heterocycles. The molecule has 2 aromatic heterocycles. The van der Waals surface area contributed by atoms with E-state index < -0.39 is 6.10 Å². The summed E-state index contributed by atoms with van der Waals surface area (Å²) < 4.78 is 7.54. The van der Waals surface area contributed by atoms with Crippen molar-refractivity contribution in [2.45, 2.75) is 38.2 Å². The highest BCUT2D eigenvalue weighted by molar-refractivity contribution is 5.77. The second-order valence-corrected chi connectivity index (χ2v) is 5.72. The lowest BCUT2D eigenvalue weighted by atomic mass is 10.1. The summed E-state index contributed by atoms with van der Waals surface area (Å²) in [6.07, 6.45) is 3.15. The Labute approximate surface area is 133 Å². The number of rotatable bonds is 4. The number of imidazole rings is 1. The molecule has 1 aliphatic heterocycles. The highest BCUT2D eigenvalue weighted by Gasteiger charge is 2.34. The largest absolute Gasteiger partial charge is 0.492 e. The van der Waals surface area contributed by atoms with Crippen molar-refractivity contribution >= 4 is 23.5 Å². The topological polar surface area (TPSA) is 109 Å². The smallest absolute Gasteiger partial charge is 0.256 e. The number of ether oxygens (including phenoxy) is 1. The molecule has 0 saturated carbocycles. The molecule has 1 aliphatic rings. The molecule has 124 valence electrons. The maximum Gasteiger partial charge on any atom is 0.256 e. The number of aliphatic hydroxyl groups excluding tert-OH is 1. The van der Waals surface area contributed by atoms with Crippen molar-refractivity contribution in [2.24, 2.45) is 4.99 Å². The summed E-state index contributed by atoms with van der Waals surface area (Å²) in [7, 11) is 3.65. The fourth-order valence-corrected chi connectivity index (χ4v) is 2.58. The Morgan fingerprint density at radius 1 is 1.48 bits per heavy atom. The number of hydrogen-bond donors (Lipinski definition) is 2. The van der Waals surface area contributed by atoms with Crippen molar-refractivity contribution in [3.8, 4) is 5.88 Å². The van der Waals surface area contributed by atoms with Gasteiger partial charge in [0.2, 0.25) is 5.88 Å². The first-order valence-corrected chi connectivity index (χ1v) is 7.47. The lowest BCUT2D eigenvalue weighted by Crippen LogP contribution is -2.19. The molecule has 3 atom stereocenters. The van der Waals surface area contributed by atoms with Gasteiger partial charge in [-0.05, 0) is 6.42 Å². The highest BCUT2D eigenvalue weighted by atomic mass is 16.5. The number of aliphatic imine (C=N–C) groups is 1. The van der Waals surface area contributed by atoms with Gasteiger partial charge in [0.15, 0.2) is 11.2 Å². The first-order chi connectivity index (χ1) is 11.0. The monoisotopic (exact) mass is 320 g/mol. The summed E-state index contributed by atoms with van der Waals surface area (Å²) in [5, 5.41) is 20.0. The fourth-order valence-electron chi connectivity index (χ4n) is 2.58. The maximum absolute atomic E-state index is 10.0. The van der Waals surface area contributed by atoms with E-state index >= 15 is 0 Å². The lowest BCUT2D eigenvalue weighted by Gasteiger charge is -2.14. The Bertz CT molecular complexity index is 729. The number of aromatic nitrogens is 4. The lowest BCUT2D eigenvalue weighted by molar-refractivity contribution is -0.0183. The van der Waals surface area contributed by atoms with E-state index in [0.717, 1.165) is 6.42 Å². The second-order valence-electron chi connectivity index (χ2n) is 5.72. The van der Waals surface area contributed by atoms with Crippen molar-refractivity contribution < 1.29 is 14.9 Å². The van der Waals surface area contributed by atoms with E-state index in [-0.39, 0.29) is 29.7 Å². The summed E-state index contributed by atoms with van der Waals surface area (Å²) in [5.74, 6) is -0.0960. The summed E-state index contributed by atoms with van der Waals surface area (Å²) >= 11 is 0. The molecule has 2 aromatic rings. The number of hydrogen-bond acceptors (Lipinski definition) is 7. The van der Waals surface area contributed by atoms with Crippen LogP contribution in [0.25, 0.3) is 11.2 Å². The van der Waals surface area contributed by atoms with Gasteiger partial charge in [0, 0.05) is 20.5 Å². The minimum atomic E-state index is -0.524. The molecule has 0 aliphatic carbocycles. The average molecular weight is 320 g/mol. The van der Waals surface area contributed by atoms with Gasteiger partial charge >= 0.3 is 0 Å². The van der Waals surface area contributed by atoms with Gasteiger partial charge in [-0.15, -0.1) is 0 Å². The SMILES string of the molecule is CC[C@H]1O[C@@H](n2cnc3c(O)nc(/N=C/N(C)C)nc32)C[C@@H]1O. The third kappa shape index (κ3) is 2.97. The fraction of sp³-hybridized carbons (Fsp3) is 0.571. The van der Waals surface area contributed by atoms with Crippen LogP contribution in [0.15, 0.2) is 11.3 Å². The molecule has 2 N–H and O–H groups in total. The van der Waals surface area contributed by atoms with E-state index in [4.69, 9.17) is 4.74 Å². The Balaban J connectivity index is 1.99. The van der Waals surface area contributed by atoms with E-state index in [9.17, 15) is 10.2 Å². The molecule has 1 fully saturated rings. The van der Waals surface area contributed by atoms with Gasteiger partial charge in [-0.3, -0.25) is 4.57 Å². The van der Waals surface area contributed by atoms with Crippen LogP contribution >= 0.6 is 0 Å². The molecule has 0 bridgehead atoms. The number of aromatic hydroxyl groups is 1. The number of fused-ring (bicyclic) bond motifs is 1. The Morgan fingerprint density at radius 3 is 2.91 bits per heavy atom. The van der Waals surface area contributed by atoms with E-state index in [2.05, 4.69) is 19.9 Å². The molecule has 23 heavy (non-hydrogen) atoms. The van der Waals surface area contributed by atoms with Crippen LogP contribution in [-0.2, 0) is 4.74 Å². The van der Waals surface area contributed by atoms with Gasteiger partial charge in [0.1, 0.15) is 6.23 Å². The van der Waals surface area contributed by atoms with Crippen molar-refractivity contribution in [3.63, 3.8) is 0 Å². The summed E-state index contributed by atoms with van der Waals surface area (Å²) in [4.78, 5) is 18.2. The normalized spacial score (nSPS) is 24.8. The van der Waals surface area contributed by atoms with Crippen LogP contribution in [0.5, 0.6) is 5.88 Å². The van der Waals surface area contributed by atoms with E-state index in [1.54, 1.807) is 15.8 Å². The quantitative estimate of drug-likeness (QED) is 0.634. The molecule has 0 spiro atoms. The van der Waals surface area contributed by atoms with Crippen LogP contribution in [0.3, 0.4) is 0 Å². The molecule has 0 unspecified atom stereocenters. The third-order valence-corrected chi connectivity index (χ3v) is 3.71. The van der Waals surface area contributed by atoms with Gasteiger partial charge in [-0.2, -0.15) is 9.97 Å².